The molecule has 30 heavy (non-hydrogen) atoms. The Balaban J connectivity index is 1.57. The number of benzene rings is 3. The van der Waals surface area contributed by atoms with Crippen LogP contribution in [-0.4, -0.2) is 21.3 Å². The van der Waals surface area contributed by atoms with Crippen LogP contribution < -0.4 is 13.7 Å². The van der Waals surface area contributed by atoms with Crippen molar-refractivity contribution in [2.24, 2.45) is 0 Å². The molecule has 0 radical (unpaired) electrons. The van der Waals surface area contributed by atoms with E-state index in [0.717, 1.165) is 10.0 Å². The van der Waals surface area contributed by atoms with Crippen LogP contribution in [0.25, 0.3) is 6.08 Å². The van der Waals surface area contributed by atoms with Gasteiger partial charge in [0.1, 0.15) is 22.1 Å². The van der Waals surface area contributed by atoms with Crippen LogP contribution in [0.3, 0.4) is 0 Å². The Bertz CT molecular complexity index is 1250. The van der Waals surface area contributed by atoms with E-state index in [2.05, 4.69) is 15.9 Å². The Morgan fingerprint density at radius 3 is 2.27 bits per heavy atom. The maximum atomic E-state index is 12.6. The molecule has 0 unspecified atom stereocenters. The lowest BCUT2D eigenvalue weighted by molar-refractivity contribution is 0.101. The molecule has 1 aliphatic heterocycles. The summed E-state index contributed by atoms with van der Waals surface area (Å²) in [5.74, 6) is 0.845. The molecular weight excluding hydrogens is 472 g/mol. The van der Waals surface area contributed by atoms with Crippen LogP contribution in [0.1, 0.15) is 15.9 Å². The van der Waals surface area contributed by atoms with Crippen molar-refractivity contribution in [2.45, 2.75) is 4.90 Å². The lowest BCUT2D eigenvalue weighted by atomic mass is 10.1. The highest BCUT2D eigenvalue weighted by Crippen LogP contribution is 2.35. The third kappa shape index (κ3) is 4.10. The number of carbonyl (C=O) groups excluding carboxylic acids is 1. The van der Waals surface area contributed by atoms with Gasteiger partial charge in [0, 0.05) is 10.5 Å². The van der Waals surface area contributed by atoms with Gasteiger partial charge in [-0.2, -0.15) is 8.42 Å². The molecule has 0 saturated heterocycles. The first-order valence-corrected chi connectivity index (χ1v) is 11.0. The average molecular weight is 487 g/mol. The molecule has 152 valence electrons. The molecule has 1 aliphatic rings. The number of carbonyl (C=O) groups is 1. The van der Waals surface area contributed by atoms with Crippen molar-refractivity contribution in [2.75, 3.05) is 7.11 Å². The monoisotopic (exact) mass is 486 g/mol. The highest BCUT2D eigenvalue weighted by Gasteiger charge is 2.28. The number of fused-ring (bicyclic) bond motifs is 1. The number of rotatable bonds is 5. The van der Waals surface area contributed by atoms with E-state index in [4.69, 9.17) is 13.7 Å². The van der Waals surface area contributed by atoms with Crippen molar-refractivity contribution in [3.05, 3.63) is 88.1 Å². The summed E-state index contributed by atoms with van der Waals surface area (Å²) in [6.07, 6.45) is 1.61. The lowest BCUT2D eigenvalue weighted by Gasteiger charge is -2.08. The Kier molecular flexibility index (Phi) is 5.36. The molecule has 0 saturated carbocycles. The van der Waals surface area contributed by atoms with E-state index in [1.807, 2.05) is 0 Å². The Morgan fingerprint density at radius 2 is 1.60 bits per heavy atom. The molecule has 0 N–H and O–H groups in total. The number of allylic oxidation sites excluding steroid dienone is 1. The predicted molar refractivity (Wildman–Crippen MR) is 114 cm³/mol. The van der Waals surface area contributed by atoms with E-state index in [9.17, 15) is 13.2 Å². The summed E-state index contributed by atoms with van der Waals surface area (Å²) in [4.78, 5) is 12.6. The first-order chi connectivity index (χ1) is 14.4. The van der Waals surface area contributed by atoms with Gasteiger partial charge in [-0.15, -0.1) is 0 Å². The van der Waals surface area contributed by atoms with E-state index in [1.54, 1.807) is 49.6 Å². The minimum absolute atomic E-state index is 0.0169. The zero-order chi connectivity index (χ0) is 21.3. The van der Waals surface area contributed by atoms with E-state index in [-0.39, 0.29) is 27.9 Å². The second kappa shape index (κ2) is 7.97. The zero-order valence-electron chi connectivity index (χ0n) is 15.7. The van der Waals surface area contributed by atoms with Crippen LogP contribution in [0.15, 0.2) is 81.9 Å². The molecule has 3 aromatic rings. The van der Waals surface area contributed by atoms with Crippen molar-refractivity contribution in [3.63, 3.8) is 0 Å². The van der Waals surface area contributed by atoms with Crippen LogP contribution >= 0.6 is 15.9 Å². The number of hydrogen-bond donors (Lipinski definition) is 0. The minimum atomic E-state index is -4.02. The standard InChI is InChI=1S/C22H15BrO6S/c1-27-16-6-2-14(3-7-16)12-21-22(24)19-11-8-17(13-20(19)28-21)29-30(25,26)18-9-4-15(23)5-10-18/h2-13H,1H3. The minimum Gasteiger partial charge on any atom is -0.497 e. The van der Waals surface area contributed by atoms with Crippen LogP contribution in [0.4, 0.5) is 0 Å². The van der Waals surface area contributed by atoms with E-state index >= 15 is 0 Å². The topological polar surface area (TPSA) is 78.9 Å². The van der Waals surface area contributed by atoms with Crippen molar-refractivity contribution in [1.82, 2.24) is 0 Å². The van der Waals surface area contributed by atoms with E-state index < -0.39 is 10.1 Å². The summed E-state index contributed by atoms with van der Waals surface area (Å²) >= 11 is 3.26. The van der Waals surface area contributed by atoms with Gasteiger partial charge >= 0.3 is 10.1 Å². The fourth-order valence-electron chi connectivity index (χ4n) is 2.85. The van der Waals surface area contributed by atoms with Gasteiger partial charge in [0.05, 0.1) is 12.7 Å². The molecule has 8 heteroatoms. The molecule has 0 aliphatic carbocycles. The molecule has 0 atom stereocenters. The van der Waals surface area contributed by atoms with Crippen LogP contribution in [0.5, 0.6) is 17.2 Å². The van der Waals surface area contributed by atoms with Crippen molar-refractivity contribution in [1.29, 1.82) is 0 Å². The van der Waals surface area contributed by atoms with Crippen molar-refractivity contribution in [3.8, 4) is 17.2 Å². The maximum Gasteiger partial charge on any atom is 0.339 e. The highest BCUT2D eigenvalue weighted by atomic mass is 79.9. The number of halogens is 1. The summed E-state index contributed by atoms with van der Waals surface area (Å²) in [5, 5.41) is 0. The van der Waals surface area contributed by atoms with E-state index in [0.29, 0.717) is 11.3 Å². The summed E-state index contributed by atoms with van der Waals surface area (Å²) in [6, 6.07) is 17.5. The first-order valence-electron chi connectivity index (χ1n) is 8.78. The van der Waals surface area contributed by atoms with Crippen LogP contribution in [0, 0.1) is 0 Å². The SMILES string of the molecule is COc1ccc(C=C2Oc3cc(OS(=O)(=O)c4ccc(Br)cc4)ccc3C2=O)cc1. The average Bonchev–Trinajstić information content (AvgIpc) is 3.03. The Labute approximate surface area is 182 Å². The molecule has 3 aromatic carbocycles. The van der Waals surface area contributed by atoms with Crippen LogP contribution in [-0.2, 0) is 10.1 Å². The second-order valence-corrected chi connectivity index (χ2v) is 8.82. The summed E-state index contributed by atoms with van der Waals surface area (Å²) in [7, 11) is -2.44. The molecule has 0 spiro atoms. The van der Waals surface area contributed by atoms with Gasteiger partial charge in [-0.05, 0) is 60.2 Å². The molecule has 4 rings (SSSR count). The quantitative estimate of drug-likeness (QED) is 0.379. The van der Waals surface area contributed by atoms with Gasteiger partial charge in [0.2, 0.25) is 5.78 Å². The van der Waals surface area contributed by atoms with Gasteiger partial charge in [0.15, 0.2) is 5.76 Å². The lowest BCUT2D eigenvalue weighted by Crippen LogP contribution is -2.09. The van der Waals surface area contributed by atoms with Crippen LogP contribution in [0.2, 0.25) is 0 Å². The third-order valence-corrected chi connectivity index (χ3v) is 6.15. The Morgan fingerprint density at radius 1 is 0.933 bits per heavy atom. The number of methoxy groups -OCH3 is 1. The maximum absolute atomic E-state index is 12.6. The predicted octanol–water partition coefficient (Wildman–Crippen LogP) is 4.84. The summed E-state index contributed by atoms with van der Waals surface area (Å²) in [5.41, 5.74) is 1.10. The van der Waals surface area contributed by atoms with Gasteiger partial charge in [0.25, 0.3) is 0 Å². The highest BCUT2D eigenvalue weighted by molar-refractivity contribution is 9.10. The van der Waals surface area contributed by atoms with E-state index in [1.165, 1.54) is 30.3 Å². The van der Waals surface area contributed by atoms with Crippen molar-refractivity contribution >= 4 is 37.9 Å². The number of ketones is 1. The van der Waals surface area contributed by atoms with Gasteiger partial charge in [-0.3, -0.25) is 4.79 Å². The molecule has 0 bridgehead atoms. The summed E-state index contributed by atoms with van der Waals surface area (Å²) < 4.78 is 41.7. The Hall–Kier alpha value is -3.10. The largest absolute Gasteiger partial charge is 0.497 e. The molecular formula is C22H15BrO6S. The molecule has 0 aromatic heterocycles. The zero-order valence-corrected chi connectivity index (χ0v) is 18.1. The fraction of sp³-hybridized carbons (Fsp3) is 0.0455. The molecule has 6 nitrogen and oxygen atoms in total. The van der Waals surface area contributed by atoms with Gasteiger partial charge < -0.3 is 13.7 Å². The number of Topliss-reactive ketones (excluding diaryl/α,β-unsaturated/α-hetero) is 1. The van der Waals surface area contributed by atoms with Gasteiger partial charge in [-0.1, -0.05) is 28.1 Å². The fourth-order valence-corrected chi connectivity index (χ4v) is 4.03. The third-order valence-electron chi connectivity index (χ3n) is 4.36. The summed E-state index contributed by atoms with van der Waals surface area (Å²) in [6.45, 7) is 0. The molecule has 0 amide bonds. The number of ether oxygens (including phenoxy) is 2. The molecule has 1 heterocycles. The smallest absolute Gasteiger partial charge is 0.339 e. The second-order valence-electron chi connectivity index (χ2n) is 6.36. The molecule has 0 fully saturated rings. The first kappa shape index (κ1) is 20.2. The van der Waals surface area contributed by atoms with Gasteiger partial charge in [-0.25, -0.2) is 0 Å². The normalized spacial score (nSPS) is 14.3. The van der Waals surface area contributed by atoms with Crippen molar-refractivity contribution < 1.29 is 26.9 Å². The number of hydrogen-bond acceptors (Lipinski definition) is 6.